The molecule has 3 rings (SSSR count). The van der Waals surface area contributed by atoms with Gasteiger partial charge in [0.05, 0.1) is 24.3 Å². The number of amides is 1. The van der Waals surface area contributed by atoms with E-state index in [0.29, 0.717) is 60.2 Å². The van der Waals surface area contributed by atoms with Crippen molar-refractivity contribution in [3.05, 3.63) is 76.3 Å². The number of carbonyl (C=O) groups is 1. The molecule has 10 heteroatoms. The van der Waals surface area contributed by atoms with E-state index in [2.05, 4.69) is 28.1 Å². The van der Waals surface area contributed by atoms with Gasteiger partial charge in [-0.1, -0.05) is 6.07 Å². The number of allylic oxidation sites excluding steroid dienone is 4. The van der Waals surface area contributed by atoms with Gasteiger partial charge >= 0.3 is 6.18 Å². The molecule has 1 N–H and O–H groups in total. The number of rotatable bonds is 6. The molecule has 2 aromatic rings. The van der Waals surface area contributed by atoms with Crippen molar-refractivity contribution >= 4 is 24.0 Å². The van der Waals surface area contributed by atoms with Crippen molar-refractivity contribution in [1.82, 2.24) is 10.3 Å². The highest BCUT2D eigenvalue weighted by Gasteiger charge is 2.31. The second kappa shape index (κ2) is 11.0. The summed E-state index contributed by atoms with van der Waals surface area (Å²) in [5.74, 6) is -0.131. The lowest BCUT2D eigenvalue weighted by Crippen LogP contribution is -2.37. The third-order valence-electron chi connectivity index (χ3n) is 5.36. The Bertz CT molecular complexity index is 1220. The number of halogens is 3. The van der Waals surface area contributed by atoms with Crippen molar-refractivity contribution in [3.8, 4) is 6.07 Å². The number of alkyl halides is 3. The fourth-order valence-electron chi connectivity index (χ4n) is 3.54. The molecular weight excluding hydrogens is 459 g/mol. The minimum Gasteiger partial charge on any atom is -0.378 e. The van der Waals surface area contributed by atoms with Gasteiger partial charge in [0.25, 0.3) is 5.91 Å². The minimum absolute atomic E-state index is 0.125. The Labute approximate surface area is 201 Å². The summed E-state index contributed by atoms with van der Waals surface area (Å²) in [4.78, 5) is 23.0. The van der Waals surface area contributed by atoms with E-state index in [4.69, 9.17) is 4.74 Å². The van der Waals surface area contributed by atoms with Crippen LogP contribution in [-0.4, -0.2) is 43.9 Å². The third-order valence-corrected chi connectivity index (χ3v) is 5.36. The number of nitrogens with zero attached hydrogens (tertiary/aromatic N) is 4. The van der Waals surface area contributed by atoms with Crippen LogP contribution >= 0.6 is 0 Å². The zero-order chi connectivity index (χ0) is 25.6. The highest BCUT2D eigenvalue weighted by atomic mass is 19.4. The summed E-state index contributed by atoms with van der Waals surface area (Å²) >= 11 is 0. The predicted molar refractivity (Wildman–Crippen MR) is 127 cm³/mol. The maximum Gasteiger partial charge on any atom is 0.416 e. The van der Waals surface area contributed by atoms with Gasteiger partial charge in [0.2, 0.25) is 0 Å². The molecule has 0 bridgehead atoms. The Morgan fingerprint density at radius 1 is 1.26 bits per heavy atom. The monoisotopic (exact) mass is 483 g/mol. The van der Waals surface area contributed by atoms with Crippen LogP contribution < -0.4 is 10.2 Å². The lowest BCUT2D eigenvalue weighted by molar-refractivity contribution is -0.137. The minimum atomic E-state index is -4.55. The molecular formula is C25H24F3N5O2. The molecule has 182 valence electrons. The van der Waals surface area contributed by atoms with E-state index >= 15 is 0 Å². The van der Waals surface area contributed by atoms with Gasteiger partial charge in [0.1, 0.15) is 11.9 Å². The second-order valence-electron chi connectivity index (χ2n) is 7.82. The molecule has 1 aliphatic heterocycles. The van der Waals surface area contributed by atoms with E-state index in [1.807, 2.05) is 4.90 Å². The number of hydrogen-bond acceptors (Lipinski definition) is 6. The average Bonchev–Trinajstić information content (AvgIpc) is 2.86. The van der Waals surface area contributed by atoms with Gasteiger partial charge in [-0.25, -0.2) is 4.98 Å². The van der Waals surface area contributed by atoms with E-state index in [-0.39, 0.29) is 5.56 Å². The SMILES string of the molecule is C=N/C(C)=C(\C=C(/C)NC(=O)c1cccc(C(F)(F)F)c1)c1cnc(N2CCOCC2)c(C#N)c1. The number of ether oxygens (including phenoxy) is 1. The number of aliphatic imine (C=N–C) groups is 1. The number of nitriles is 1. The summed E-state index contributed by atoms with van der Waals surface area (Å²) in [6.07, 6.45) is -1.33. The van der Waals surface area contributed by atoms with Gasteiger partial charge < -0.3 is 15.0 Å². The Morgan fingerprint density at radius 2 is 1.97 bits per heavy atom. The Hall–Kier alpha value is -3.97. The molecule has 35 heavy (non-hydrogen) atoms. The van der Waals surface area contributed by atoms with Crippen molar-refractivity contribution in [3.63, 3.8) is 0 Å². The maximum atomic E-state index is 13.0. The zero-order valence-corrected chi connectivity index (χ0v) is 19.3. The van der Waals surface area contributed by atoms with Crippen LogP contribution in [0.25, 0.3) is 5.57 Å². The number of pyridine rings is 1. The van der Waals surface area contributed by atoms with E-state index < -0.39 is 17.6 Å². The smallest absolute Gasteiger partial charge is 0.378 e. The van der Waals surface area contributed by atoms with E-state index in [1.165, 1.54) is 12.1 Å². The molecule has 1 fully saturated rings. The average molecular weight is 483 g/mol. The van der Waals surface area contributed by atoms with Crippen LogP contribution in [0.4, 0.5) is 19.0 Å². The topological polar surface area (TPSA) is 90.6 Å². The quantitative estimate of drug-likeness (QED) is 0.480. The number of morpholine rings is 1. The molecule has 7 nitrogen and oxygen atoms in total. The van der Waals surface area contributed by atoms with Crippen LogP contribution in [0.2, 0.25) is 0 Å². The Morgan fingerprint density at radius 3 is 2.60 bits per heavy atom. The van der Waals surface area contributed by atoms with Crippen molar-refractivity contribution in [2.45, 2.75) is 20.0 Å². The lowest BCUT2D eigenvalue weighted by Gasteiger charge is -2.28. The molecule has 0 unspecified atom stereocenters. The second-order valence-corrected chi connectivity index (χ2v) is 7.82. The number of anilines is 1. The van der Waals surface area contributed by atoms with Gasteiger partial charge in [0, 0.05) is 47.4 Å². The van der Waals surface area contributed by atoms with Crippen LogP contribution in [0, 0.1) is 11.3 Å². The summed E-state index contributed by atoms with van der Waals surface area (Å²) in [6.45, 7) is 9.20. The van der Waals surface area contributed by atoms with E-state index in [0.717, 1.165) is 12.1 Å². The highest BCUT2D eigenvalue weighted by Crippen LogP contribution is 2.30. The maximum absolute atomic E-state index is 13.0. The summed E-state index contributed by atoms with van der Waals surface area (Å²) < 4.78 is 44.3. The van der Waals surface area contributed by atoms with Gasteiger partial charge in [-0.15, -0.1) is 0 Å². The molecule has 0 spiro atoms. The van der Waals surface area contributed by atoms with Crippen molar-refractivity contribution in [1.29, 1.82) is 5.26 Å². The Kier molecular flexibility index (Phi) is 8.04. The molecule has 1 amide bonds. The molecule has 1 saturated heterocycles. The standard InChI is InChI=1S/C25H24F3N5O2/c1-16(32-24(34)18-5-4-6-21(13-18)25(26,27)28)11-22(17(2)30-3)20-12-19(14-29)23(31-15-20)33-7-9-35-10-8-33/h4-6,11-13,15H,3,7-10H2,1-2H3,(H,32,34)/b16-11+,22-17+. The van der Waals surface area contributed by atoms with Crippen molar-refractivity contribution < 1.29 is 22.7 Å². The number of aromatic nitrogens is 1. The molecule has 1 aliphatic rings. The third kappa shape index (κ3) is 6.33. The summed E-state index contributed by atoms with van der Waals surface area (Å²) in [5, 5.41) is 12.3. The van der Waals surface area contributed by atoms with Crippen molar-refractivity contribution in [2.24, 2.45) is 4.99 Å². The first-order valence-corrected chi connectivity index (χ1v) is 10.7. The first-order valence-electron chi connectivity index (χ1n) is 10.7. The fraction of sp³-hybridized carbons (Fsp3) is 0.280. The molecule has 1 aromatic heterocycles. The number of hydrogen-bond donors (Lipinski definition) is 1. The number of benzene rings is 1. The van der Waals surface area contributed by atoms with Gasteiger partial charge in [0.15, 0.2) is 0 Å². The first-order chi connectivity index (χ1) is 16.6. The summed E-state index contributed by atoms with van der Waals surface area (Å²) in [6, 6.07) is 8.04. The largest absolute Gasteiger partial charge is 0.416 e. The Balaban J connectivity index is 1.89. The zero-order valence-electron chi connectivity index (χ0n) is 19.3. The van der Waals surface area contributed by atoms with Crippen LogP contribution in [-0.2, 0) is 10.9 Å². The molecule has 0 atom stereocenters. The van der Waals surface area contributed by atoms with Crippen molar-refractivity contribution in [2.75, 3.05) is 31.2 Å². The van der Waals surface area contributed by atoms with Crippen LogP contribution in [0.5, 0.6) is 0 Å². The predicted octanol–water partition coefficient (Wildman–Crippen LogP) is 4.57. The van der Waals surface area contributed by atoms with Crippen LogP contribution in [0.3, 0.4) is 0 Å². The van der Waals surface area contributed by atoms with Gasteiger partial charge in [-0.3, -0.25) is 9.79 Å². The van der Waals surface area contributed by atoms with Crippen LogP contribution in [0.15, 0.2) is 59.0 Å². The first kappa shape index (κ1) is 25.6. The van der Waals surface area contributed by atoms with E-state index in [9.17, 15) is 23.2 Å². The van der Waals surface area contributed by atoms with Gasteiger partial charge in [-0.05, 0) is 50.9 Å². The van der Waals surface area contributed by atoms with E-state index in [1.54, 1.807) is 32.2 Å². The molecule has 0 saturated carbocycles. The number of carbonyl (C=O) groups excluding carboxylic acids is 1. The van der Waals surface area contributed by atoms with Crippen LogP contribution in [0.1, 0.15) is 40.9 Å². The molecule has 0 aliphatic carbocycles. The normalized spacial score (nSPS) is 15.2. The molecule has 0 radical (unpaired) electrons. The molecule has 1 aromatic carbocycles. The summed E-state index contributed by atoms with van der Waals surface area (Å²) in [5.41, 5.74) is 1.35. The highest BCUT2D eigenvalue weighted by molar-refractivity contribution is 5.95. The fourth-order valence-corrected chi connectivity index (χ4v) is 3.54. The van der Waals surface area contributed by atoms with Gasteiger partial charge in [-0.2, -0.15) is 18.4 Å². The number of nitrogens with one attached hydrogen (secondary N) is 1. The molecule has 2 heterocycles. The lowest BCUT2D eigenvalue weighted by atomic mass is 10.0. The summed E-state index contributed by atoms with van der Waals surface area (Å²) in [7, 11) is 0.